The van der Waals surface area contributed by atoms with Crippen molar-refractivity contribution >= 4 is 23.5 Å². The van der Waals surface area contributed by atoms with Crippen LogP contribution in [0.5, 0.6) is 0 Å². The van der Waals surface area contributed by atoms with E-state index in [1.165, 1.54) is 12.1 Å². The molecule has 0 unspecified atom stereocenters. The molecule has 0 aliphatic carbocycles. The van der Waals surface area contributed by atoms with E-state index in [2.05, 4.69) is 10.6 Å². The lowest BCUT2D eigenvalue weighted by atomic mass is 10.1. The van der Waals surface area contributed by atoms with Crippen LogP contribution in [0.3, 0.4) is 0 Å². The Morgan fingerprint density at radius 2 is 1.68 bits per heavy atom. The lowest BCUT2D eigenvalue weighted by molar-refractivity contribution is -0.147. The van der Waals surface area contributed by atoms with Crippen molar-refractivity contribution in [3.05, 3.63) is 29.8 Å². The predicted molar refractivity (Wildman–Crippen MR) is 69.9 cm³/mol. The highest BCUT2D eigenvalue weighted by Gasteiger charge is 2.20. The molecular weight excluding hydrogens is 248 g/mol. The van der Waals surface area contributed by atoms with E-state index in [0.29, 0.717) is 0 Å². The molecule has 6 nitrogen and oxygen atoms in total. The Hall–Kier alpha value is -2.37. The molecule has 0 atom stereocenters. The van der Waals surface area contributed by atoms with E-state index in [9.17, 15) is 14.4 Å². The normalized spacial score (nSPS) is 10.7. The van der Waals surface area contributed by atoms with Crippen LogP contribution in [-0.2, 0) is 9.59 Å². The molecule has 0 heterocycles. The minimum atomic E-state index is -1.61. The highest BCUT2D eigenvalue weighted by Crippen LogP contribution is 2.16. The molecule has 0 spiro atoms. The van der Waals surface area contributed by atoms with Crippen molar-refractivity contribution in [3.8, 4) is 0 Å². The minimum absolute atomic E-state index is 0.164. The number of carbonyl (C=O) groups excluding carboxylic acids is 2. The molecule has 0 aliphatic rings. The molecule has 6 heteroatoms. The number of amides is 2. The van der Waals surface area contributed by atoms with Gasteiger partial charge in [0.05, 0.1) is 11.3 Å². The second-order valence-electron chi connectivity index (χ2n) is 5.01. The van der Waals surface area contributed by atoms with E-state index < -0.39 is 17.4 Å². The number of nitrogens with one attached hydrogen (secondary N) is 2. The van der Waals surface area contributed by atoms with E-state index >= 15 is 0 Å². The van der Waals surface area contributed by atoms with Crippen LogP contribution in [0.1, 0.15) is 31.1 Å². The van der Waals surface area contributed by atoms with Crippen LogP contribution in [0.15, 0.2) is 24.3 Å². The maximum absolute atomic E-state index is 12.0. The SMILES string of the molecule is CC(C)(C)NC(=O)c1ccccc1NC(=O)C(=O)O. The Bertz CT molecular complexity index is 518. The van der Waals surface area contributed by atoms with Gasteiger partial charge in [-0.2, -0.15) is 0 Å². The van der Waals surface area contributed by atoms with Crippen LogP contribution in [0.2, 0.25) is 0 Å². The van der Waals surface area contributed by atoms with Crippen LogP contribution in [0, 0.1) is 0 Å². The number of hydrogen-bond donors (Lipinski definition) is 3. The highest BCUT2D eigenvalue weighted by molar-refractivity contribution is 6.36. The summed E-state index contributed by atoms with van der Waals surface area (Å²) >= 11 is 0. The first-order chi connectivity index (χ1) is 8.70. The molecule has 2 amide bonds. The number of anilines is 1. The smallest absolute Gasteiger partial charge is 0.394 e. The maximum atomic E-state index is 12.0. The number of benzene rings is 1. The van der Waals surface area contributed by atoms with Crippen LogP contribution < -0.4 is 10.6 Å². The molecule has 0 fully saturated rings. The van der Waals surface area contributed by atoms with Crippen LogP contribution in [0.25, 0.3) is 0 Å². The van der Waals surface area contributed by atoms with Crippen LogP contribution >= 0.6 is 0 Å². The van der Waals surface area contributed by atoms with Crippen molar-refractivity contribution in [2.24, 2.45) is 0 Å². The summed E-state index contributed by atoms with van der Waals surface area (Å²) in [5, 5.41) is 13.5. The van der Waals surface area contributed by atoms with Gasteiger partial charge in [-0.15, -0.1) is 0 Å². The van der Waals surface area contributed by atoms with Gasteiger partial charge in [0.2, 0.25) is 0 Å². The van der Waals surface area contributed by atoms with Gasteiger partial charge in [-0.25, -0.2) is 4.79 Å². The topological polar surface area (TPSA) is 95.5 Å². The average molecular weight is 264 g/mol. The van der Waals surface area contributed by atoms with Gasteiger partial charge in [0.25, 0.3) is 5.91 Å². The zero-order valence-electron chi connectivity index (χ0n) is 11.0. The zero-order chi connectivity index (χ0) is 14.6. The van der Waals surface area contributed by atoms with Gasteiger partial charge >= 0.3 is 11.9 Å². The number of carboxylic acid groups (broad SMARTS) is 1. The number of aliphatic carboxylic acids is 1. The Morgan fingerprint density at radius 1 is 1.11 bits per heavy atom. The van der Waals surface area contributed by atoms with Crippen LogP contribution in [-0.4, -0.2) is 28.4 Å². The first-order valence-electron chi connectivity index (χ1n) is 5.66. The lowest BCUT2D eigenvalue weighted by Gasteiger charge is -2.21. The quantitative estimate of drug-likeness (QED) is 0.700. The van der Waals surface area contributed by atoms with Crippen molar-refractivity contribution in [2.45, 2.75) is 26.3 Å². The summed E-state index contributed by atoms with van der Waals surface area (Å²) in [5.74, 6) is -3.17. The van der Waals surface area contributed by atoms with E-state index in [-0.39, 0.29) is 17.2 Å². The first kappa shape index (κ1) is 14.7. The van der Waals surface area contributed by atoms with Crippen molar-refractivity contribution < 1.29 is 19.5 Å². The number of hydrogen-bond acceptors (Lipinski definition) is 3. The van der Waals surface area contributed by atoms with Gasteiger partial charge in [0, 0.05) is 5.54 Å². The summed E-state index contributed by atoms with van der Waals surface area (Å²) in [6.07, 6.45) is 0. The molecule has 19 heavy (non-hydrogen) atoms. The molecule has 0 radical (unpaired) electrons. The summed E-state index contributed by atoms with van der Waals surface area (Å²) < 4.78 is 0. The summed E-state index contributed by atoms with van der Waals surface area (Å²) in [5.41, 5.74) is -0.0512. The van der Waals surface area contributed by atoms with Gasteiger partial charge in [0.1, 0.15) is 0 Å². The zero-order valence-corrected chi connectivity index (χ0v) is 11.0. The van der Waals surface area contributed by atoms with Crippen LogP contribution in [0.4, 0.5) is 5.69 Å². The van der Waals surface area contributed by atoms with Crippen molar-refractivity contribution in [2.75, 3.05) is 5.32 Å². The van der Waals surface area contributed by atoms with Gasteiger partial charge in [-0.3, -0.25) is 9.59 Å². The molecular formula is C13H16N2O4. The fourth-order valence-electron chi connectivity index (χ4n) is 1.37. The lowest BCUT2D eigenvalue weighted by Crippen LogP contribution is -2.41. The molecule has 0 aliphatic heterocycles. The van der Waals surface area contributed by atoms with Gasteiger partial charge in [-0.05, 0) is 32.9 Å². The fourth-order valence-corrected chi connectivity index (χ4v) is 1.37. The minimum Gasteiger partial charge on any atom is -0.474 e. The molecule has 3 N–H and O–H groups in total. The first-order valence-corrected chi connectivity index (χ1v) is 5.66. The summed E-state index contributed by atoms with van der Waals surface area (Å²) in [6, 6.07) is 6.22. The standard InChI is InChI=1S/C13H16N2O4/c1-13(2,3)15-10(16)8-6-4-5-7-9(8)14-11(17)12(18)19/h4-7H,1-3H3,(H,14,17)(H,15,16)(H,18,19). The number of carboxylic acids is 1. The van der Waals surface area contributed by atoms with Gasteiger partial charge in [0.15, 0.2) is 0 Å². The third-order valence-electron chi connectivity index (χ3n) is 2.10. The molecule has 0 bridgehead atoms. The van der Waals surface area contributed by atoms with Crippen molar-refractivity contribution in [3.63, 3.8) is 0 Å². The Morgan fingerprint density at radius 3 is 2.21 bits per heavy atom. The molecule has 0 saturated heterocycles. The molecule has 0 saturated carbocycles. The molecule has 1 aromatic rings. The van der Waals surface area contributed by atoms with Crippen molar-refractivity contribution in [1.82, 2.24) is 5.32 Å². The van der Waals surface area contributed by atoms with E-state index in [1.54, 1.807) is 12.1 Å². The Labute approximate surface area is 110 Å². The van der Waals surface area contributed by atoms with E-state index in [4.69, 9.17) is 5.11 Å². The Balaban J connectivity index is 2.99. The summed E-state index contributed by atoms with van der Waals surface area (Å²) in [4.78, 5) is 33.7. The largest absolute Gasteiger partial charge is 0.474 e. The molecule has 0 aromatic heterocycles. The fraction of sp³-hybridized carbons (Fsp3) is 0.308. The number of rotatable bonds is 2. The second-order valence-corrected chi connectivity index (χ2v) is 5.01. The van der Waals surface area contributed by atoms with Crippen molar-refractivity contribution in [1.29, 1.82) is 0 Å². The van der Waals surface area contributed by atoms with E-state index in [1.807, 2.05) is 20.8 Å². The summed E-state index contributed by atoms with van der Waals surface area (Å²) in [6.45, 7) is 5.47. The third-order valence-corrected chi connectivity index (χ3v) is 2.10. The van der Waals surface area contributed by atoms with Gasteiger partial charge in [-0.1, -0.05) is 12.1 Å². The maximum Gasteiger partial charge on any atom is 0.394 e. The molecule has 1 aromatic carbocycles. The average Bonchev–Trinajstić information content (AvgIpc) is 2.27. The monoisotopic (exact) mass is 264 g/mol. The second kappa shape index (κ2) is 5.51. The number of para-hydroxylation sites is 1. The number of carbonyl (C=O) groups is 3. The third kappa shape index (κ3) is 4.42. The molecule has 102 valence electrons. The van der Waals surface area contributed by atoms with Gasteiger partial charge < -0.3 is 15.7 Å². The highest BCUT2D eigenvalue weighted by atomic mass is 16.4. The Kier molecular flexibility index (Phi) is 4.26. The predicted octanol–water partition coefficient (Wildman–Crippen LogP) is 1.24. The molecule has 1 rings (SSSR count). The van der Waals surface area contributed by atoms with E-state index in [0.717, 1.165) is 0 Å². The summed E-state index contributed by atoms with van der Waals surface area (Å²) in [7, 11) is 0.